The summed E-state index contributed by atoms with van der Waals surface area (Å²) in [5.74, 6) is 0.195. The van der Waals surface area contributed by atoms with Crippen LogP contribution >= 0.6 is 31.6 Å². The topological polar surface area (TPSA) is 97.9 Å². The lowest BCUT2D eigenvalue weighted by molar-refractivity contribution is -0.0285. The minimum atomic E-state index is -3.78. The molecular formula is C20H23ClN3O5PS. The van der Waals surface area contributed by atoms with E-state index in [1.165, 1.54) is 7.11 Å². The molecule has 31 heavy (non-hydrogen) atoms. The van der Waals surface area contributed by atoms with Gasteiger partial charge in [0.1, 0.15) is 11.9 Å². The molecular weight excluding hydrogens is 461 g/mol. The number of carbonyl (C=O) groups is 1. The summed E-state index contributed by atoms with van der Waals surface area (Å²) in [6.45, 7) is 4.06. The maximum Gasteiger partial charge on any atom is 0.435 e. The smallest absolute Gasteiger partial charge is 0.435 e. The lowest BCUT2D eigenvalue weighted by atomic mass is 9.83. The number of hydrogen-bond donors (Lipinski definition) is 3. The number of amides is 1. The Kier molecular flexibility index (Phi) is 7.24. The number of methoxy groups -OCH3 is 1. The van der Waals surface area contributed by atoms with E-state index in [9.17, 15) is 9.36 Å². The standard InChI is InChI=1S/C20H23ClN3O5PS/c1-20(2)12-28-30(26,29-17(20)13-4-8-15(21)9-5-13)24-19(31)23-22-18(25)14-6-10-16(27-3)11-7-14/h4-11,17H,12H2,1-3H3,(H,22,25)(H2,23,24,26,31)/t17-,30?/m0/s1. The Morgan fingerprint density at radius 3 is 2.42 bits per heavy atom. The Balaban J connectivity index is 1.61. The number of rotatable bonds is 4. The highest BCUT2D eigenvalue weighted by atomic mass is 35.5. The number of hydrogen-bond acceptors (Lipinski definition) is 6. The summed E-state index contributed by atoms with van der Waals surface area (Å²) in [6.07, 6.45) is -0.520. The number of halogens is 1. The van der Waals surface area contributed by atoms with Gasteiger partial charge in [-0.15, -0.1) is 0 Å². The highest BCUT2D eigenvalue weighted by molar-refractivity contribution is 7.81. The zero-order chi connectivity index (χ0) is 22.6. The van der Waals surface area contributed by atoms with Gasteiger partial charge in [-0.1, -0.05) is 37.6 Å². The molecule has 8 nitrogen and oxygen atoms in total. The molecule has 1 fully saturated rings. The van der Waals surface area contributed by atoms with E-state index in [1.54, 1.807) is 36.4 Å². The second kappa shape index (κ2) is 9.54. The summed E-state index contributed by atoms with van der Waals surface area (Å²) in [6, 6.07) is 13.6. The fourth-order valence-electron chi connectivity index (χ4n) is 2.93. The number of nitrogens with one attached hydrogen (secondary N) is 3. The molecule has 0 spiro atoms. The van der Waals surface area contributed by atoms with Crippen molar-refractivity contribution in [1.29, 1.82) is 0 Å². The van der Waals surface area contributed by atoms with Crippen molar-refractivity contribution in [3.63, 3.8) is 0 Å². The van der Waals surface area contributed by atoms with E-state index in [4.69, 9.17) is 37.6 Å². The fourth-order valence-corrected chi connectivity index (χ4v) is 5.11. The molecule has 2 aromatic rings. The highest BCUT2D eigenvalue weighted by Crippen LogP contribution is 2.58. The van der Waals surface area contributed by atoms with Crippen molar-refractivity contribution in [2.24, 2.45) is 5.41 Å². The van der Waals surface area contributed by atoms with Crippen molar-refractivity contribution >= 4 is 42.6 Å². The molecule has 0 bridgehead atoms. The molecule has 166 valence electrons. The molecule has 1 aliphatic rings. The number of ether oxygens (including phenoxy) is 1. The predicted octanol–water partition coefficient (Wildman–Crippen LogP) is 4.38. The van der Waals surface area contributed by atoms with Crippen LogP contribution in [0.4, 0.5) is 0 Å². The molecule has 1 heterocycles. The SMILES string of the molecule is COc1ccc(C(=O)NNC(=S)NP2(=O)OCC(C)(C)[C@H](c3ccc(Cl)cc3)O2)cc1. The Bertz CT molecular complexity index is 1000. The average Bonchev–Trinajstić information content (AvgIpc) is 2.75. The largest absolute Gasteiger partial charge is 0.497 e. The van der Waals surface area contributed by atoms with Gasteiger partial charge in [0.15, 0.2) is 5.11 Å². The average molecular weight is 484 g/mol. The summed E-state index contributed by atoms with van der Waals surface area (Å²) in [5.41, 5.74) is 5.69. The monoisotopic (exact) mass is 483 g/mol. The Morgan fingerprint density at radius 2 is 1.81 bits per heavy atom. The first-order valence-corrected chi connectivity index (χ1v) is 11.7. The van der Waals surface area contributed by atoms with Gasteiger partial charge in [-0.05, 0) is 54.2 Å². The third-order valence-corrected chi connectivity index (χ3v) is 6.68. The summed E-state index contributed by atoms with van der Waals surface area (Å²) in [5, 5.41) is 3.02. The zero-order valence-corrected chi connectivity index (χ0v) is 19.6. The fraction of sp³-hybridized carbons (Fsp3) is 0.300. The van der Waals surface area contributed by atoms with Crippen molar-refractivity contribution < 1.29 is 23.1 Å². The molecule has 1 amide bonds. The molecule has 11 heteroatoms. The molecule has 1 unspecified atom stereocenters. The molecule has 0 saturated carbocycles. The summed E-state index contributed by atoms with van der Waals surface area (Å²) < 4.78 is 29.5. The molecule has 3 N–H and O–H groups in total. The number of carbonyl (C=O) groups excluding carboxylic acids is 1. The van der Waals surface area contributed by atoms with Crippen LogP contribution in [0.2, 0.25) is 5.02 Å². The number of thiocarbonyl (C=S) groups is 1. The molecule has 3 rings (SSSR count). The van der Waals surface area contributed by atoms with Crippen molar-refractivity contribution in [3.8, 4) is 5.75 Å². The Hall–Kier alpha value is -2.16. The first-order chi connectivity index (χ1) is 14.6. The van der Waals surface area contributed by atoms with E-state index in [-0.39, 0.29) is 11.7 Å². The summed E-state index contributed by atoms with van der Waals surface area (Å²) in [4.78, 5) is 12.2. The quantitative estimate of drug-likeness (QED) is 0.335. The zero-order valence-electron chi connectivity index (χ0n) is 17.2. The van der Waals surface area contributed by atoms with E-state index in [1.807, 2.05) is 26.0 Å². The maximum atomic E-state index is 13.1. The lowest BCUT2D eigenvalue weighted by Crippen LogP contribution is -2.47. The first-order valence-electron chi connectivity index (χ1n) is 9.33. The van der Waals surface area contributed by atoms with Crippen LogP contribution < -0.4 is 20.7 Å². The molecule has 1 aliphatic heterocycles. The highest BCUT2D eigenvalue weighted by Gasteiger charge is 2.45. The second-order valence-electron chi connectivity index (χ2n) is 7.55. The van der Waals surface area contributed by atoms with Crippen molar-refractivity contribution in [2.45, 2.75) is 20.0 Å². The molecule has 0 aromatic heterocycles. The van der Waals surface area contributed by atoms with E-state index in [0.717, 1.165) is 5.56 Å². The molecule has 0 aliphatic carbocycles. The lowest BCUT2D eigenvalue weighted by Gasteiger charge is -2.41. The maximum absolute atomic E-state index is 13.1. The van der Waals surface area contributed by atoms with Crippen LogP contribution in [0, 0.1) is 5.41 Å². The minimum Gasteiger partial charge on any atom is -0.497 e. The van der Waals surface area contributed by atoms with Gasteiger partial charge in [-0.3, -0.25) is 29.8 Å². The van der Waals surface area contributed by atoms with Gasteiger partial charge in [-0.2, -0.15) is 0 Å². The van der Waals surface area contributed by atoms with Crippen LogP contribution in [0.15, 0.2) is 48.5 Å². The molecule has 0 radical (unpaired) electrons. The van der Waals surface area contributed by atoms with Crippen molar-refractivity contribution in [2.75, 3.05) is 13.7 Å². The van der Waals surface area contributed by atoms with Gasteiger partial charge in [-0.25, -0.2) is 4.57 Å². The summed E-state index contributed by atoms with van der Waals surface area (Å²) in [7, 11) is -2.24. The third kappa shape index (κ3) is 5.96. The molecule has 2 atom stereocenters. The second-order valence-corrected chi connectivity index (χ2v) is 10.1. The van der Waals surface area contributed by atoms with Crippen molar-refractivity contribution in [3.05, 3.63) is 64.7 Å². The van der Waals surface area contributed by atoms with Gasteiger partial charge in [0, 0.05) is 16.0 Å². The van der Waals surface area contributed by atoms with Crippen LogP contribution in [0.25, 0.3) is 0 Å². The number of hydrazine groups is 1. The van der Waals surface area contributed by atoms with Crippen LogP contribution in [-0.4, -0.2) is 24.7 Å². The van der Waals surface area contributed by atoms with Crippen LogP contribution in [0.1, 0.15) is 35.9 Å². The van der Waals surface area contributed by atoms with Gasteiger partial charge in [0.2, 0.25) is 0 Å². The van der Waals surface area contributed by atoms with Crippen LogP contribution in [0.3, 0.4) is 0 Å². The normalized spacial score (nSPS) is 22.3. The molecule has 2 aromatic carbocycles. The van der Waals surface area contributed by atoms with Gasteiger partial charge in [0.25, 0.3) is 5.91 Å². The first kappa shape index (κ1) is 23.5. The van der Waals surface area contributed by atoms with Gasteiger partial charge < -0.3 is 4.74 Å². The van der Waals surface area contributed by atoms with Gasteiger partial charge in [0.05, 0.1) is 13.7 Å². The number of benzene rings is 2. The Labute approximate surface area is 191 Å². The van der Waals surface area contributed by atoms with Gasteiger partial charge >= 0.3 is 7.75 Å². The minimum absolute atomic E-state index is 0.111. The van der Waals surface area contributed by atoms with E-state index >= 15 is 0 Å². The van der Waals surface area contributed by atoms with Crippen LogP contribution in [-0.2, 0) is 13.6 Å². The van der Waals surface area contributed by atoms with E-state index < -0.39 is 25.2 Å². The third-order valence-electron chi connectivity index (χ3n) is 4.61. The van der Waals surface area contributed by atoms with Crippen LogP contribution in [0.5, 0.6) is 5.75 Å². The molecule has 1 saturated heterocycles. The van der Waals surface area contributed by atoms with Crippen molar-refractivity contribution in [1.82, 2.24) is 15.9 Å². The predicted molar refractivity (Wildman–Crippen MR) is 122 cm³/mol. The van der Waals surface area contributed by atoms with E-state index in [0.29, 0.717) is 16.3 Å². The summed E-state index contributed by atoms with van der Waals surface area (Å²) >= 11 is 11.1. The van der Waals surface area contributed by atoms with E-state index in [2.05, 4.69) is 15.9 Å². The Morgan fingerprint density at radius 1 is 1.16 bits per heavy atom.